The van der Waals surface area contributed by atoms with E-state index in [1.165, 1.54) is 24.3 Å². The number of benzene rings is 2. The molecule has 1 saturated heterocycles. The first-order valence-corrected chi connectivity index (χ1v) is 11.1. The summed E-state index contributed by atoms with van der Waals surface area (Å²) in [6.45, 7) is 1.42. The minimum Gasteiger partial charge on any atom is -0.383 e. The number of halogens is 4. The third-order valence-electron chi connectivity index (χ3n) is 6.16. The summed E-state index contributed by atoms with van der Waals surface area (Å²) in [5, 5.41) is 9.49. The van der Waals surface area contributed by atoms with Crippen molar-refractivity contribution in [3.05, 3.63) is 70.3 Å². The number of carbonyl (C=O) groups excluding carboxylic acids is 2. The largest absolute Gasteiger partial charge is 0.383 e. The van der Waals surface area contributed by atoms with Gasteiger partial charge >= 0.3 is 0 Å². The Morgan fingerprint density at radius 3 is 2.64 bits per heavy atom. The molecule has 190 valence electrons. The molecule has 1 aliphatic heterocycles. The lowest BCUT2D eigenvalue weighted by molar-refractivity contribution is -0.0738. The van der Waals surface area contributed by atoms with Crippen molar-refractivity contribution in [3.8, 4) is 11.3 Å². The molecule has 36 heavy (non-hydrogen) atoms. The van der Waals surface area contributed by atoms with Gasteiger partial charge in [-0.25, -0.2) is 22.2 Å². The quantitative estimate of drug-likeness (QED) is 0.384. The van der Waals surface area contributed by atoms with Crippen LogP contribution in [0.15, 0.2) is 36.4 Å². The number of nitrogens with one attached hydrogen (secondary N) is 2. The van der Waals surface area contributed by atoms with Gasteiger partial charge in [0, 0.05) is 42.7 Å². The van der Waals surface area contributed by atoms with Gasteiger partial charge < -0.3 is 22.1 Å². The molecule has 1 atom stereocenters. The van der Waals surface area contributed by atoms with E-state index in [-0.39, 0.29) is 53.4 Å². The Balaban J connectivity index is 1.61. The number of hydrogen-bond acceptors (Lipinski definition) is 5. The predicted octanol–water partition coefficient (Wildman–Crippen LogP) is 2.92. The number of anilines is 1. The summed E-state index contributed by atoms with van der Waals surface area (Å²) >= 11 is 0. The van der Waals surface area contributed by atoms with Gasteiger partial charge in [-0.05, 0) is 30.7 Å². The van der Waals surface area contributed by atoms with Crippen LogP contribution in [-0.2, 0) is 6.54 Å². The molecule has 8 nitrogen and oxygen atoms in total. The van der Waals surface area contributed by atoms with Crippen LogP contribution >= 0.6 is 0 Å². The van der Waals surface area contributed by atoms with Crippen LogP contribution in [0, 0.1) is 18.6 Å². The third kappa shape index (κ3) is 4.76. The van der Waals surface area contributed by atoms with E-state index >= 15 is 0 Å². The van der Waals surface area contributed by atoms with Gasteiger partial charge in [0.25, 0.3) is 17.7 Å². The number of aryl methyl sites for hydroxylation is 1. The summed E-state index contributed by atoms with van der Waals surface area (Å²) in [7, 11) is 0. The van der Waals surface area contributed by atoms with Gasteiger partial charge in [-0.3, -0.25) is 9.59 Å². The lowest BCUT2D eigenvalue weighted by atomic mass is 10.0. The second-order valence-electron chi connectivity index (χ2n) is 8.60. The molecule has 1 unspecified atom stereocenters. The molecular formula is C24H24F4N6O2. The van der Waals surface area contributed by atoms with Crippen molar-refractivity contribution in [1.82, 2.24) is 20.4 Å². The Morgan fingerprint density at radius 1 is 1.22 bits per heavy atom. The van der Waals surface area contributed by atoms with E-state index in [0.717, 1.165) is 16.8 Å². The Hall–Kier alpha value is -3.93. The maximum atomic E-state index is 14.9. The number of rotatable bonds is 6. The lowest BCUT2D eigenvalue weighted by Crippen LogP contribution is -2.46. The number of carbonyl (C=O) groups is 2. The molecule has 2 heterocycles. The van der Waals surface area contributed by atoms with Gasteiger partial charge in [-0.15, -0.1) is 0 Å². The molecule has 0 aliphatic carbocycles. The minimum absolute atomic E-state index is 0.0925. The van der Waals surface area contributed by atoms with Gasteiger partial charge in [0.2, 0.25) is 0 Å². The molecule has 12 heteroatoms. The van der Waals surface area contributed by atoms with Crippen LogP contribution in [-0.4, -0.2) is 40.6 Å². The molecule has 0 spiro atoms. The highest BCUT2D eigenvalue weighted by molar-refractivity contribution is 6.03. The van der Waals surface area contributed by atoms with E-state index in [1.54, 1.807) is 6.92 Å². The smallest absolute Gasteiger partial charge is 0.272 e. The van der Waals surface area contributed by atoms with E-state index < -0.39 is 41.8 Å². The van der Waals surface area contributed by atoms with Crippen LogP contribution in [0.2, 0.25) is 0 Å². The second-order valence-corrected chi connectivity index (χ2v) is 8.60. The van der Waals surface area contributed by atoms with Crippen LogP contribution in [0.5, 0.6) is 0 Å². The Labute approximate surface area is 203 Å². The average Bonchev–Trinajstić information content (AvgIpc) is 3.16. The molecule has 0 saturated carbocycles. The predicted molar refractivity (Wildman–Crippen MR) is 124 cm³/mol. The fourth-order valence-corrected chi connectivity index (χ4v) is 4.15. The SMILES string of the molecule is Cc1ccc(F)cc1C(=O)NCc1ccc(-c2nn(C3CNCCC3(F)F)c(N)c2C(N)=O)cc1F. The van der Waals surface area contributed by atoms with Crippen LogP contribution < -0.4 is 22.1 Å². The van der Waals surface area contributed by atoms with Crippen LogP contribution in [0.25, 0.3) is 11.3 Å². The van der Waals surface area contributed by atoms with E-state index in [2.05, 4.69) is 15.7 Å². The van der Waals surface area contributed by atoms with Crippen molar-refractivity contribution in [2.75, 3.05) is 18.8 Å². The van der Waals surface area contributed by atoms with Crippen molar-refractivity contribution in [3.63, 3.8) is 0 Å². The summed E-state index contributed by atoms with van der Waals surface area (Å²) < 4.78 is 58.3. The van der Waals surface area contributed by atoms with Gasteiger partial charge in [0.1, 0.15) is 34.8 Å². The average molecular weight is 504 g/mol. The lowest BCUT2D eigenvalue weighted by Gasteiger charge is -2.32. The van der Waals surface area contributed by atoms with Crippen LogP contribution in [0.1, 0.15) is 44.3 Å². The first-order valence-electron chi connectivity index (χ1n) is 11.1. The first kappa shape index (κ1) is 25.2. The van der Waals surface area contributed by atoms with Crippen molar-refractivity contribution in [2.24, 2.45) is 5.73 Å². The highest BCUT2D eigenvalue weighted by atomic mass is 19.3. The molecule has 1 aromatic heterocycles. The molecule has 2 aromatic carbocycles. The van der Waals surface area contributed by atoms with E-state index in [4.69, 9.17) is 11.5 Å². The highest BCUT2D eigenvalue weighted by Gasteiger charge is 2.45. The number of piperidine rings is 1. The van der Waals surface area contributed by atoms with Gasteiger partial charge in [0.15, 0.2) is 0 Å². The van der Waals surface area contributed by atoms with E-state index in [1.807, 2.05) is 0 Å². The number of amides is 2. The molecule has 0 bridgehead atoms. The van der Waals surface area contributed by atoms with Gasteiger partial charge in [-0.1, -0.05) is 18.2 Å². The summed E-state index contributed by atoms with van der Waals surface area (Å²) in [5.41, 5.74) is 11.9. The molecule has 2 amide bonds. The fourth-order valence-electron chi connectivity index (χ4n) is 4.15. The van der Waals surface area contributed by atoms with E-state index in [9.17, 15) is 27.2 Å². The molecule has 4 rings (SSSR count). The number of primary amides is 1. The third-order valence-corrected chi connectivity index (χ3v) is 6.16. The Bertz CT molecular complexity index is 1340. The summed E-state index contributed by atoms with van der Waals surface area (Å²) in [6.07, 6.45) is -0.442. The zero-order chi connectivity index (χ0) is 26.2. The first-order chi connectivity index (χ1) is 17.0. The zero-order valence-corrected chi connectivity index (χ0v) is 19.2. The Kier molecular flexibility index (Phi) is 6.72. The van der Waals surface area contributed by atoms with Crippen LogP contribution in [0.3, 0.4) is 0 Å². The van der Waals surface area contributed by atoms with Crippen molar-refractivity contribution < 1.29 is 27.2 Å². The highest BCUT2D eigenvalue weighted by Crippen LogP contribution is 2.38. The molecule has 0 radical (unpaired) electrons. The summed E-state index contributed by atoms with van der Waals surface area (Å²) in [6, 6.07) is 6.12. The standard InChI is InChI=1S/C24H24F4N6O2/c1-12-2-5-15(25)9-16(12)23(36)32-10-14-4-3-13(8-17(14)26)20-19(22(30)35)21(29)34(33-20)18-11-31-7-6-24(18,27)28/h2-5,8-9,18,31H,6-7,10-11,29H2,1H3,(H2,30,35)(H,32,36). The molecular weight excluding hydrogens is 480 g/mol. The van der Waals surface area contributed by atoms with Crippen LogP contribution in [0.4, 0.5) is 23.4 Å². The van der Waals surface area contributed by atoms with Crippen molar-refractivity contribution in [2.45, 2.75) is 31.9 Å². The summed E-state index contributed by atoms with van der Waals surface area (Å²) in [4.78, 5) is 24.5. The Morgan fingerprint density at radius 2 is 1.97 bits per heavy atom. The number of hydrogen-bond donors (Lipinski definition) is 4. The molecule has 6 N–H and O–H groups in total. The summed E-state index contributed by atoms with van der Waals surface area (Å²) in [5.74, 6) is -6.38. The minimum atomic E-state index is -3.13. The number of nitrogen functional groups attached to an aromatic ring is 1. The van der Waals surface area contributed by atoms with Gasteiger partial charge in [0.05, 0.1) is 0 Å². The van der Waals surface area contributed by atoms with Crippen molar-refractivity contribution >= 4 is 17.6 Å². The second kappa shape index (κ2) is 9.61. The molecule has 1 fully saturated rings. The van der Waals surface area contributed by atoms with Gasteiger partial charge in [-0.2, -0.15) is 5.10 Å². The maximum Gasteiger partial charge on any atom is 0.272 e. The fraction of sp³-hybridized carbons (Fsp3) is 0.292. The number of alkyl halides is 2. The molecule has 1 aliphatic rings. The maximum absolute atomic E-state index is 14.9. The zero-order valence-electron chi connectivity index (χ0n) is 19.2. The molecule has 3 aromatic rings. The normalized spacial score (nSPS) is 17.1. The monoisotopic (exact) mass is 504 g/mol. The van der Waals surface area contributed by atoms with E-state index in [0.29, 0.717) is 5.56 Å². The number of nitrogens with zero attached hydrogens (tertiary/aromatic N) is 2. The topological polar surface area (TPSA) is 128 Å². The number of aromatic nitrogens is 2. The number of nitrogens with two attached hydrogens (primary N) is 2. The van der Waals surface area contributed by atoms with Crippen molar-refractivity contribution in [1.29, 1.82) is 0 Å².